The lowest BCUT2D eigenvalue weighted by Gasteiger charge is -2.28. The Morgan fingerprint density at radius 3 is 2.64 bits per heavy atom. The molecule has 3 aromatic rings. The molecule has 4 rings (SSSR count). The number of carboxylic acids is 1. The largest absolute Gasteiger partial charge is 0.478 e. The molecule has 1 fully saturated rings. The number of carbonyl (C=O) groups is 1. The molecule has 1 saturated heterocycles. The first-order chi connectivity index (χ1) is 15.8. The number of pyridine rings is 1. The van der Waals surface area contributed by atoms with Gasteiger partial charge in [-0.15, -0.1) is 0 Å². The molecule has 2 atom stereocenters. The molecule has 0 radical (unpaired) electrons. The number of thiocarbonyl (C=S) groups is 1. The zero-order valence-corrected chi connectivity index (χ0v) is 20.3. The molecule has 1 aromatic carbocycles. The van der Waals surface area contributed by atoms with Crippen LogP contribution in [0.1, 0.15) is 70.4 Å². The first-order valence-electron chi connectivity index (χ1n) is 11.3. The van der Waals surface area contributed by atoms with Crippen LogP contribution in [0, 0.1) is 20.8 Å². The maximum absolute atomic E-state index is 11.6. The molecule has 6 nitrogen and oxygen atoms in total. The van der Waals surface area contributed by atoms with Gasteiger partial charge in [-0.3, -0.25) is 4.98 Å². The van der Waals surface area contributed by atoms with Crippen LogP contribution >= 0.6 is 12.2 Å². The van der Waals surface area contributed by atoms with Crippen LogP contribution in [0.2, 0.25) is 0 Å². The first kappa shape index (κ1) is 23.0. The molecule has 0 unspecified atom stereocenters. The van der Waals surface area contributed by atoms with Crippen LogP contribution in [0.15, 0.2) is 48.7 Å². The molecular weight excluding hydrogens is 432 g/mol. The van der Waals surface area contributed by atoms with E-state index in [0.29, 0.717) is 0 Å². The Balaban J connectivity index is 1.85. The quantitative estimate of drug-likeness (QED) is 0.466. The fourth-order valence-electron chi connectivity index (χ4n) is 4.75. The van der Waals surface area contributed by atoms with Gasteiger partial charge in [-0.1, -0.05) is 25.5 Å². The normalized spacial score (nSPS) is 17.9. The van der Waals surface area contributed by atoms with Crippen molar-refractivity contribution in [3.05, 3.63) is 82.4 Å². The maximum atomic E-state index is 11.6. The fourth-order valence-corrected chi connectivity index (χ4v) is 5.09. The summed E-state index contributed by atoms with van der Waals surface area (Å²) in [5.41, 5.74) is 6.46. The summed E-state index contributed by atoms with van der Waals surface area (Å²) in [5, 5.41) is 13.8. The van der Waals surface area contributed by atoms with Crippen LogP contribution in [0.5, 0.6) is 0 Å². The number of aryl methyl sites for hydroxylation is 2. The average molecular weight is 463 g/mol. The Kier molecular flexibility index (Phi) is 6.51. The van der Waals surface area contributed by atoms with Gasteiger partial charge in [0.2, 0.25) is 0 Å². The Morgan fingerprint density at radius 1 is 1.18 bits per heavy atom. The zero-order chi connectivity index (χ0) is 23.7. The standard InChI is InChI=1S/C26H30N4O2S/c1-5-6-13-29-24(23(28-26(29)33)21-9-7-8-12-27-21)20-14-17(3)30(18(20)4)22-15-19(25(31)32)11-10-16(22)2/h7-12,14-15,23-24H,5-6,13H2,1-4H3,(H,28,33)(H,31,32)/t23-,24+/m1/s1. The van der Waals surface area contributed by atoms with E-state index < -0.39 is 5.97 Å². The van der Waals surface area contributed by atoms with Crippen molar-refractivity contribution in [3.63, 3.8) is 0 Å². The van der Waals surface area contributed by atoms with E-state index in [4.69, 9.17) is 12.2 Å². The highest BCUT2D eigenvalue weighted by atomic mass is 32.1. The molecule has 3 heterocycles. The number of aromatic nitrogens is 2. The Hall–Kier alpha value is -3.19. The summed E-state index contributed by atoms with van der Waals surface area (Å²) in [7, 11) is 0. The molecule has 7 heteroatoms. The lowest BCUT2D eigenvalue weighted by atomic mass is 9.96. The van der Waals surface area contributed by atoms with E-state index in [2.05, 4.69) is 46.6 Å². The van der Waals surface area contributed by atoms with Crippen molar-refractivity contribution in [1.29, 1.82) is 0 Å². The van der Waals surface area contributed by atoms with E-state index in [-0.39, 0.29) is 17.6 Å². The minimum atomic E-state index is -0.926. The van der Waals surface area contributed by atoms with Gasteiger partial charge in [-0.05, 0) is 80.9 Å². The summed E-state index contributed by atoms with van der Waals surface area (Å²) in [6, 6.07) is 13.4. The third kappa shape index (κ3) is 4.25. The average Bonchev–Trinajstić information content (AvgIpc) is 3.28. The lowest BCUT2D eigenvalue weighted by molar-refractivity contribution is 0.0697. The number of hydrogen-bond acceptors (Lipinski definition) is 3. The Labute approximate surface area is 200 Å². The van der Waals surface area contributed by atoms with Crippen molar-refractivity contribution in [2.75, 3.05) is 6.54 Å². The monoisotopic (exact) mass is 462 g/mol. The van der Waals surface area contributed by atoms with Crippen LogP contribution in [0.3, 0.4) is 0 Å². The highest BCUT2D eigenvalue weighted by Gasteiger charge is 2.41. The minimum Gasteiger partial charge on any atom is -0.478 e. The number of hydrogen-bond donors (Lipinski definition) is 2. The molecule has 0 aliphatic carbocycles. The zero-order valence-electron chi connectivity index (χ0n) is 19.5. The first-order valence-corrected chi connectivity index (χ1v) is 11.8. The predicted molar refractivity (Wildman–Crippen MR) is 134 cm³/mol. The molecule has 2 aromatic heterocycles. The van der Waals surface area contributed by atoms with Crippen LogP contribution in [-0.2, 0) is 0 Å². The predicted octanol–water partition coefficient (Wildman–Crippen LogP) is 5.27. The van der Waals surface area contributed by atoms with Crippen molar-refractivity contribution in [3.8, 4) is 5.69 Å². The van der Waals surface area contributed by atoms with Crippen molar-refractivity contribution >= 4 is 23.3 Å². The molecular formula is C26H30N4O2S. The van der Waals surface area contributed by atoms with Crippen molar-refractivity contribution in [1.82, 2.24) is 19.8 Å². The second-order valence-electron chi connectivity index (χ2n) is 8.64. The summed E-state index contributed by atoms with van der Waals surface area (Å²) >= 11 is 5.77. The highest BCUT2D eigenvalue weighted by molar-refractivity contribution is 7.80. The highest BCUT2D eigenvalue weighted by Crippen LogP contribution is 2.41. The van der Waals surface area contributed by atoms with Crippen LogP contribution in [-0.4, -0.2) is 37.2 Å². The third-order valence-corrected chi connectivity index (χ3v) is 6.79. The van der Waals surface area contributed by atoms with Gasteiger partial charge in [0.15, 0.2) is 5.11 Å². The summed E-state index contributed by atoms with van der Waals surface area (Å²) in [5.74, 6) is -0.926. The SMILES string of the molecule is CCCCN1C(=S)N[C@H](c2ccccn2)[C@@H]1c1cc(C)n(-c2cc(C(=O)O)ccc2C)c1C. The maximum Gasteiger partial charge on any atom is 0.335 e. The van der Waals surface area contributed by atoms with Crippen LogP contribution < -0.4 is 5.32 Å². The molecule has 0 saturated carbocycles. The summed E-state index contributed by atoms with van der Waals surface area (Å²) in [6.07, 6.45) is 3.95. The number of benzene rings is 1. The van der Waals surface area contributed by atoms with E-state index in [0.717, 1.165) is 52.8 Å². The van der Waals surface area contributed by atoms with Crippen molar-refractivity contribution < 1.29 is 9.90 Å². The van der Waals surface area contributed by atoms with Gasteiger partial charge < -0.3 is 19.9 Å². The van der Waals surface area contributed by atoms with Gasteiger partial charge in [0.05, 0.1) is 23.3 Å². The van der Waals surface area contributed by atoms with E-state index in [1.807, 2.05) is 37.4 Å². The van der Waals surface area contributed by atoms with Gasteiger partial charge >= 0.3 is 5.97 Å². The van der Waals surface area contributed by atoms with Gasteiger partial charge in [-0.25, -0.2) is 4.79 Å². The Morgan fingerprint density at radius 2 is 1.97 bits per heavy atom. The summed E-state index contributed by atoms with van der Waals surface area (Å²) < 4.78 is 2.16. The molecule has 2 N–H and O–H groups in total. The van der Waals surface area contributed by atoms with Crippen LogP contribution in [0.4, 0.5) is 0 Å². The van der Waals surface area contributed by atoms with E-state index >= 15 is 0 Å². The molecule has 172 valence electrons. The van der Waals surface area contributed by atoms with Crippen molar-refractivity contribution in [2.24, 2.45) is 0 Å². The number of nitrogens with one attached hydrogen (secondary N) is 1. The fraction of sp³-hybridized carbons (Fsp3) is 0.346. The van der Waals surface area contributed by atoms with Gasteiger partial charge in [0, 0.05) is 29.8 Å². The van der Waals surface area contributed by atoms with E-state index in [1.165, 1.54) is 5.56 Å². The molecule has 0 bridgehead atoms. The van der Waals surface area contributed by atoms with E-state index in [9.17, 15) is 9.90 Å². The number of carboxylic acid groups (broad SMARTS) is 1. The van der Waals surface area contributed by atoms with Gasteiger partial charge in [0.25, 0.3) is 0 Å². The lowest BCUT2D eigenvalue weighted by Crippen LogP contribution is -2.30. The summed E-state index contributed by atoms with van der Waals surface area (Å²) in [6.45, 7) is 9.23. The molecule has 1 aliphatic heterocycles. The molecule has 1 aliphatic rings. The van der Waals surface area contributed by atoms with Gasteiger partial charge in [0.1, 0.15) is 0 Å². The number of rotatable bonds is 7. The number of nitrogens with zero attached hydrogens (tertiary/aromatic N) is 3. The smallest absolute Gasteiger partial charge is 0.335 e. The number of unbranched alkanes of at least 4 members (excludes halogenated alkanes) is 1. The van der Waals surface area contributed by atoms with Crippen LogP contribution in [0.25, 0.3) is 5.69 Å². The number of aromatic carboxylic acids is 1. The van der Waals surface area contributed by atoms with E-state index in [1.54, 1.807) is 12.1 Å². The molecule has 33 heavy (non-hydrogen) atoms. The van der Waals surface area contributed by atoms with Crippen molar-refractivity contribution in [2.45, 2.75) is 52.6 Å². The summed E-state index contributed by atoms with van der Waals surface area (Å²) in [4.78, 5) is 18.5. The minimum absolute atomic E-state index is 0.00172. The van der Waals surface area contributed by atoms with Gasteiger partial charge in [-0.2, -0.15) is 0 Å². The third-order valence-electron chi connectivity index (χ3n) is 6.44. The molecule has 0 spiro atoms. The second kappa shape index (κ2) is 9.35. The second-order valence-corrected chi connectivity index (χ2v) is 9.03. The topological polar surface area (TPSA) is 70.4 Å². The Bertz CT molecular complexity index is 1190. The molecule has 0 amide bonds.